The second-order valence-electron chi connectivity index (χ2n) is 6.78. The standard InChI is InChI=1S/C18H23N5O2S/c24-17(19-16-9-3-6-13-5-1-2-8-15(13)16)12-26-18-20-21-22-23(18)11-14-7-4-10-25-14/h1-2,5,8,14,16H,3-4,6-7,9-12H2,(H,19,24)/t14-,16-/m1/s1. The highest BCUT2D eigenvalue weighted by atomic mass is 32.2. The summed E-state index contributed by atoms with van der Waals surface area (Å²) >= 11 is 1.37. The number of carbonyl (C=O) groups excluding carboxylic acids is 1. The predicted molar refractivity (Wildman–Crippen MR) is 97.8 cm³/mol. The molecule has 26 heavy (non-hydrogen) atoms. The molecule has 1 fully saturated rings. The highest BCUT2D eigenvalue weighted by molar-refractivity contribution is 7.99. The van der Waals surface area contributed by atoms with E-state index in [1.165, 1.54) is 22.9 Å². The van der Waals surface area contributed by atoms with Gasteiger partial charge in [0.05, 0.1) is 24.4 Å². The first-order chi connectivity index (χ1) is 12.8. The summed E-state index contributed by atoms with van der Waals surface area (Å²) in [5.41, 5.74) is 2.59. The Bertz CT molecular complexity index is 760. The fraction of sp³-hybridized carbons (Fsp3) is 0.556. The van der Waals surface area contributed by atoms with E-state index in [2.05, 4.69) is 39.0 Å². The van der Waals surface area contributed by atoms with Crippen LogP contribution in [0, 0.1) is 0 Å². The summed E-state index contributed by atoms with van der Waals surface area (Å²) in [7, 11) is 0. The topological polar surface area (TPSA) is 81.9 Å². The van der Waals surface area contributed by atoms with Gasteiger partial charge in [0.1, 0.15) is 0 Å². The number of rotatable bonds is 6. The highest BCUT2D eigenvalue weighted by Gasteiger charge is 2.22. The van der Waals surface area contributed by atoms with Crippen LogP contribution in [-0.4, -0.2) is 44.6 Å². The second-order valence-corrected chi connectivity index (χ2v) is 7.72. The lowest BCUT2D eigenvalue weighted by molar-refractivity contribution is -0.119. The largest absolute Gasteiger partial charge is 0.376 e. The molecule has 1 aliphatic heterocycles. The van der Waals surface area contributed by atoms with E-state index in [9.17, 15) is 4.79 Å². The number of aryl methyl sites for hydroxylation is 1. The van der Waals surface area contributed by atoms with Crippen molar-refractivity contribution in [1.82, 2.24) is 25.5 Å². The van der Waals surface area contributed by atoms with Crippen LogP contribution in [0.2, 0.25) is 0 Å². The van der Waals surface area contributed by atoms with Crippen LogP contribution in [-0.2, 0) is 22.5 Å². The van der Waals surface area contributed by atoms with Crippen molar-refractivity contribution in [1.29, 1.82) is 0 Å². The Kier molecular flexibility index (Phi) is 5.50. The number of amides is 1. The summed E-state index contributed by atoms with van der Waals surface area (Å²) in [5.74, 6) is 0.327. The molecule has 1 N–H and O–H groups in total. The van der Waals surface area contributed by atoms with Crippen molar-refractivity contribution in [2.24, 2.45) is 0 Å². The van der Waals surface area contributed by atoms with Crippen LogP contribution in [0.25, 0.3) is 0 Å². The number of aromatic nitrogens is 4. The molecule has 2 aromatic rings. The molecule has 8 heteroatoms. The number of tetrazole rings is 1. The number of fused-ring (bicyclic) bond motifs is 1. The van der Waals surface area contributed by atoms with Gasteiger partial charge in [0, 0.05) is 6.61 Å². The van der Waals surface area contributed by atoms with E-state index in [-0.39, 0.29) is 18.1 Å². The molecule has 0 unspecified atom stereocenters. The Balaban J connectivity index is 1.32. The van der Waals surface area contributed by atoms with Crippen LogP contribution in [0.4, 0.5) is 0 Å². The molecule has 0 bridgehead atoms. The van der Waals surface area contributed by atoms with Crippen LogP contribution in [0.15, 0.2) is 29.4 Å². The maximum Gasteiger partial charge on any atom is 0.230 e. The van der Waals surface area contributed by atoms with Crippen LogP contribution in [0.3, 0.4) is 0 Å². The van der Waals surface area contributed by atoms with Crippen molar-refractivity contribution >= 4 is 17.7 Å². The maximum absolute atomic E-state index is 12.4. The quantitative estimate of drug-likeness (QED) is 0.781. The molecule has 2 aliphatic rings. The van der Waals surface area contributed by atoms with Gasteiger partial charge in [0.15, 0.2) is 0 Å². The average molecular weight is 373 g/mol. The summed E-state index contributed by atoms with van der Waals surface area (Å²) < 4.78 is 7.38. The zero-order valence-corrected chi connectivity index (χ0v) is 15.5. The number of hydrogen-bond donors (Lipinski definition) is 1. The van der Waals surface area contributed by atoms with E-state index in [0.29, 0.717) is 17.5 Å². The van der Waals surface area contributed by atoms with Gasteiger partial charge in [-0.15, -0.1) is 5.10 Å². The van der Waals surface area contributed by atoms with Crippen LogP contribution in [0.1, 0.15) is 42.9 Å². The second kappa shape index (κ2) is 8.18. The van der Waals surface area contributed by atoms with Crippen molar-refractivity contribution in [3.63, 3.8) is 0 Å². The molecule has 2 heterocycles. The normalized spacial score (nSPS) is 22.2. The molecule has 0 radical (unpaired) electrons. The molecule has 138 valence electrons. The van der Waals surface area contributed by atoms with E-state index < -0.39 is 0 Å². The highest BCUT2D eigenvalue weighted by Crippen LogP contribution is 2.29. The van der Waals surface area contributed by atoms with E-state index in [1.807, 2.05) is 6.07 Å². The van der Waals surface area contributed by atoms with Gasteiger partial charge < -0.3 is 10.1 Å². The minimum absolute atomic E-state index is 0.0170. The maximum atomic E-state index is 12.4. The van der Waals surface area contributed by atoms with Crippen LogP contribution < -0.4 is 5.32 Å². The Morgan fingerprint density at radius 1 is 1.31 bits per heavy atom. The smallest absolute Gasteiger partial charge is 0.230 e. The molecule has 1 aromatic carbocycles. The first kappa shape index (κ1) is 17.5. The van der Waals surface area contributed by atoms with E-state index in [4.69, 9.17) is 4.74 Å². The molecular formula is C18H23N5O2S. The van der Waals surface area contributed by atoms with Crippen molar-refractivity contribution in [2.45, 2.75) is 56.0 Å². The van der Waals surface area contributed by atoms with Gasteiger partial charge in [-0.3, -0.25) is 4.79 Å². The van der Waals surface area contributed by atoms with Gasteiger partial charge in [0.25, 0.3) is 0 Å². The zero-order chi connectivity index (χ0) is 17.8. The minimum atomic E-state index is 0.0170. The third-order valence-electron chi connectivity index (χ3n) is 4.94. The van der Waals surface area contributed by atoms with Gasteiger partial charge in [-0.1, -0.05) is 36.0 Å². The lowest BCUT2D eigenvalue weighted by Crippen LogP contribution is -2.32. The number of hydrogen-bond acceptors (Lipinski definition) is 6. The first-order valence-corrected chi connectivity index (χ1v) is 10.2. The molecular weight excluding hydrogens is 350 g/mol. The van der Waals surface area contributed by atoms with Gasteiger partial charge in [-0.25, -0.2) is 4.68 Å². The zero-order valence-electron chi connectivity index (χ0n) is 14.6. The van der Waals surface area contributed by atoms with Crippen molar-refractivity contribution in [3.8, 4) is 0 Å². The molecule has 1 saturated heterocycles. The van der Waals surface area contributed by atoms with Crippen molar-refractivity contribution < 1.29 is 9.53 Å². The van der Waals surface area contributed by atoms with Crippen molar-refractivity contribution in [3.05, 3.63) is 35.4 Å². The molecule has 0 saturated carbocycles. The molecule has 0 spiro atoms. The fourth-order valence-electron chi connectivity index (χ4n) is 3.67. The molecule has 4 rings (SSSR count). The Morgan fingerprint density at radius 3 is 3.12 bits per heavy atom. The number of thioether (sulfide) groups is 1. The number of carbonyl (C=O) groups is 1. The SMILES string of the molecule is O=C(CSc1nnnn1C[C@H]1CCCO1)N[C@@H]1CCCc2ccccc21. The summed E-state index contributed by atoms with van der Waals surface area (Å²) in [6.45, 7) is 1.45. The molecule has 1 aromatic heterocycles. The Morgan fingerprint density at radius 2 is 2.23 bits per heavy atom. The lowest BCUT2D eigenvalue weighted by atomic mass is 9.88. The van der Waals surface area contributed by atoms with Gasteiger partial charge in [-0.05, 0) is 53.7 Å². The van der Waals surface area contributed by atoms with E-state index >= 15 is 0 Å². The van der Waals surface area contributed by atoms with Gasteiger partial charge in [0.2, 0.25) is 11.1 Å². The summed E-state index contributed by atoms with van der Waals surface area (Å²) in [6, 6.07) is 8.48. The van der Waals surface area contributed by atoms with Gasteiger partial charge in [-0.2, -0.15) is 0 Å². The molecule has 2 atom stereocenters. The average Bonchev–Trinajstić information content (AvgIpc) is 3.33. The van der Waals surface area contributed by atoms with Crippen molar-refractivity contribution in [2.75, 3.05) is 12.4 Å². The first-order valence-electron chi connectivity index (χ1n) is 9.17. The summed E-state index contributed by atoms with van der Waals surface area (Å²) in [6.07, 6.45) is 5.48. The molecule has 1 aliphatic carbocycles. The summed E-state index contributed by atoms with van der Waals surface area (Å²) in [5, 5.41) is 15.6. The predicted octanol–water partition coefficient (Wildman–Crippen LogP) is 2.14. The number of benzene rings is 1. The Labute approximate surface area is 156 Å². The number of nitrogens with zero attached hydrogens (tertiary/aromatic N) is 4. The van der Waals surface area contributed by atoms with Gasteiger partial charge >= 0.3 is 0 Å². The van der Waals surface area contributed by atoms with E-state index in [0.717, 1.165) is 38.7 Å². The minimum Gasteiger partial charge on any atom is -0.376 e. The fourth-order valence-corrected chi connectivity index (χ4v) is 4.36. The number of nitrogens with one attached hydrogen (secondary N) is 1. The number of ether oxygens (including phenoxy) is 1. The molecule has 7 nitrogen and oxygen atoms in total. The Hall–Kier alpha value is -1.93. The molecule has 1 amide bonds. The third-order valence-corrected chi connectivity index (χ3v) is 5.89. The van der Waals surface area contributed by atoms with E-state index in [1.54, 1.807) is 4.68 Å². The monoisotopic (exact) mass is 373 g/mol. The lowest BCUT2D eigenvalue weighted by Gasteiger charge is -2.26. The third kappa shape index (κ3) is 4.07. The van der Waals surface area contributed by atoms with Crippen LogP contribution in [0.5, 0.6) is 0 Å². The summed E-state index contributed by atoms with van der Waals surface area (Å²) in [4.78, 5) is 12.4. The van der Waals surface area contributed by atoms with Crippen LogP contribution >= 0.6 is 11.8 Å².